The molecule has 5 rings (SSSR count). The van der Waals surface area contributed by atoms with E-state index < -0.39 is 0 Å². The van der Waals surface area contributed by atoms with Crippen LogP contribution in [0, 0.1) is 0 Å². The van der Waals surface area contributed by atoms with Gasteiger partial charge in [-0.05, 0) is 32.8 Å². The van der Waals surface area contributed by atoms with Crippen molar-refractivity contribution in [2.24, 2.45) is 0 Å². The molecule has 0 aliphatic carbocycles. The molecule has 11 heteroatoms. The van der Waals surface area contributed by atoms with Crippen LogP contribution >= 0.6 is 0 Å². The van der Waals surface area contributed by atoms with Gasteiger partial charge in [-0.1, -0.05) is 0 Å². The van der Waals surface area contributed by atoms with E-state index >= 15 is 0 Å². The number of anilines is 2. The van der Waals surface area contributed by atoms with Crippen molar-refractivity contribution in [3.63, 3.8) is 0 Å². The van der Waals surface area contributed by atoms with Crippen LogP contribution in [0.3, 0.4) is 0 Å². The molecule has 0 unspecified atom stereocenters. The van der Waals surface area contributed by atoms with Crippen LogP contribution in [-0.4, -0.2) is 67.7 Å². The first-order chi connectivity index (χ1) is 16.0. The smallest absolute Gasteiger partial charge is 0.410 e. The van der Waals surface area contributed by atoms with Gasteiger partial charge in [-0.15, -0.1) is 0 Å². The molecule has 2 N–H and O–H groups in total. The highest BCUT2D eigenvalue weighted by molar-refractivity contribution is 5.72. The number of amides is 1. The Morgan fingerprint density at radius 1 is 1.30 bits per heavy atom. The van der Waals surface area contributed by atoms with E-state index in [2.05, 4.69) is 39.4 Å². The Labute approximate surface area is 191 Å². The topological polar surface area (TPSA) is 119 Å². The van der Waals surface area contributed by atoms with E-state index in [1.807, 2.05) is 17.0 Å². The summed E-state index contributed by atoms with van der Waals surface area (Å²) in [5, 5.41) is 15.1. The largest absolute Gasteiger partial charge is 0.444 e. The molecule has 0 bridgehead atoms. The molecule has 0 saturated carbocycles. The van der Waals surface area contributed by atoms with Crippen molar-refractivity contribution < 1.29 is 19.0 Å². The Morgan fingerprint density at radius 2 is 2.12 bits per heavy atom. The summed E-state index contributed by atoms with van der Waals surface area (Å²) in [4.78, 5) is 18.9. The summed E-state index contributed by atoms with van der Waals surface area (Å²) < 4.78 is 18.6. The second-order valence-corrected chi connectivity index (χ2v) is 8.75. The molecule has 2 aliphatic heterocycles. The van der Waals surface area contributed by atoms with Gasteiger partial charge in [-0.25, -0.2) is 14.3 Å². The first-order valence-electron chi connectivity index (χ1n) is 11.3. The van der Waals surface area contributed by atoms with E-state index in [-0.39, 0.29) is 30.4 Å². The van der Waals surface area contributed by atoms with Gasteiger partial charge in [0.2, 0.25) is 0 Å². The Hall–Kier alpha value is -3.18. The van der Waals surface area contributed by atoms with Crippen LogP contribution < -0.4 is 5.32 Å². The number of aromatic amines is 1. The SMILES string of the molecule is COCc1cc2c(Nc3cc([C@H]4C[C@@H](OC(=O)N5[C@@H](C)CC[C@@H]5C)CO4)[nH]n3)nccn2n1. The number of hydrogen-bond donors (Lipinski definition) is 2. The average molecular weight is 456 g/mol. The number of ether oxygens (including phenoxy) is 3. The maximum Gasteiger partial charge on any atom is 0.410 e. The molecule has 3 aromatic rings. The number of rotatable bonds is 6. The van der Waals surface area contributed by atoms with Gasteiger partial charge in [0, 0.05) is 44.1 Å². The Kier molecular flexibility index (Phi) is 5.90. The minimum Gasteiger partial charge on any atom is -0.444 e. The standard InChI is InChI=1S/C22H29N7O4/c1-13-4-5-14(2)29(13)22(30)33-16-9-19(32-12-16)17-10-20(26-25-17)24-21-18-8-15(11-31-3)27-28(18)7-6-23-21/h6-8,10,13-14,16,19H,4-5,9,11-12H2,1-3H3,(H2,23,24,25,26)/t13-,14-,16+,19+/m0/s1. The number of fused-ring (bicyclic) bond motifs is 1. The molecular weight excluding hydrogens is 426 g/mol. The van der Waals surface area contributed by atoms with E-state index in [1.54, 1.807) is 24.0 Å². The molecule has 176 valence electrons. The summed E-state index contributed by atoms with van der Waals surface area (Å²) >= 11 is 0. The van der Waals surface area contributed by atoms with Crippen LogP contribution in [0.5, 0.6) is 0 Å². The summed E-state index contributed by atoms with van der Waals surface area (Å²) in [5.74, 6) is 1.25. The molecule has 2 fully saturated rings. The van der Waals surface area contributed by atoms with Gasteiger partial charge in [0.15, 0.2) is 11.6 Å². The maximum atomic E-state index is 12.6. The summed E-state index contributed by atoms with van der Waals surface area (Å²) in [7, 11) is 1.64. The van der Waals surface area contributed by atoms with Gasteiger partial charge in [0.05, 0.1) is 24.6 Å². The molecule has 3 aromatic heterocycles. The summed E-state index contributed by atoms with van der Waals surface area (Å²) in [5.41, 5.74) is 2.46. The highest BCUT2D eigenvalue weighted by atomic mass is 16.6. The highest BCUT2D eigenvalue weighted by Gasteiger charge is 2.36. The number of H-pyrrole nitrogens is 1. The van der Waals surface area contributed by atoms with Crippen LogP contribution in [-0.2, 0) is 20.8 Å². The van der Waals surface area contributed by atoms with E-state index in [1.165, 1.54) is 0 Å². The zero-order chi connectivity index (χ0) is 22.9. The third kappa shape index (κ3) is 4.38. The Bertz CT molecular complexity index is 1120. The van der Waals surface area contributed by atoms with E-state index in [4.69, 9.17) is 14.2 Å². The zero-order valence-corrected chi connectivity index (χ0v) is 19.0. The van der Waals surface area contributed by atoms with Crippen molar-refractivity contribution >= 4 is 23.2 Å². The average Bonchev–Trinajstić information content (AvgIpc) is 3.56. The van der Waals surface area contributed by atoms with Crippen molar-refractivity contribution in [1.29, 1.82) is 0 Å². The van der Waals surface area contributed by atoms with Crippen LogP contribution in [0.1, 0.15) is 50.6 Å². The van der Waals surface area contributed by atoms with Gasteiger partial charge in [0.25, 0.3) is 0 Å². The quantitative estimate of drug-likeness (QED) is 0.582. The molecule has 0 radical (unpaired) electrons. The van der Waals surface area contributed by atoms with Crippen LogP contribution in [0.25, 0.3) is 5.52 Å². The number of nitrogens with one attached hydrogen (secondary N) is 2. The zero-order valence-electron chi connectivity index (χ0n) is 19.0. The van der Waals surface area contributed by atoms with Gasteiger partial charge in [-0.3, -0.25) is 5.10 Å². The Morgan fingerprint density at radius 3 is 2.91 bits per heavy atom. The molecule has 5 heterocycles. The first kappa shape index (κ1) is 21.7. The highest BCUT2D eigenvalue weighted by Crippen LogP contribution is 2.32. The molecular formula is C22H29N7O4. The van der Waals surface area contributed by atoms with Crippen molar-refractivity contribution in [2.75, 3.05) is 19.0 Å². The van der Waals surface area contributed by atoms with Gasteiger partial charge in [-0.2, -0.15) is 10.2 Å². The van der Waals surface area contributed by atoms with E-state index in [0.717, 1.165) is 29.7 Å². The lowest BCUT2D eigenvalue weighted by atomic mass is 10.1. The number of nitrogens with zero attached hydrogens (tertiary/aromatic N) is 5. The van der Waals surface area contributed by atoms with Crippen LogP contribution in [0.2, 0.25) is 0 Å². The fraction of sp³-hybridized carbons (Fsp3) is 0.545. The lowest BCUT2D eigenvalue weighted by Crippen LogP contribution is -2.40. The van der Waals surface area contributed by atoms with Crippen molar-refractivity contribution in [1.82, 2.24) is 29.7 Å². The molecule has 4 atom stereocenters. The summed E-state index contributed by atoms with van der Waals surface area (Å²) in [6.07, 6.45) is 5.33. The lowest BCUT2D eigenvalue weighted by Gasteiger charge is -2.26. The second kappa shape index (κ2) is 8.99. The molecule has 0 aromatic carbocycles. The van der Waals surface area contributed by atoms with E-state index in [0.29, 0.717) is 31.3 Å². The number of likely N-dealkylation sites (tertiary alicyclic amines) is 1. The minimum atomic E-state index is -0.274. The fourth-order valence-electron chi connectivity index (χ4n) is 4.63. The van der Waals surface area contributed by atoms with Crippen LogP contribution in [0.15, 0.2) is 24.5 Å². The third-order valence-electron chi connectivity index (χ3n) is 6.31. The van der Waals surface area contributed by atoms with Crippen molar-refractivity contribution in [3.8, 4) is 0 Å². The van der Waals surface area contributed by atoms with Crippen LogP contribution in [0.4, 0.5) is 16.4 Å². The first-order valence-corrected chi connectivity index (χ1v) is 11.3. The van der Waals surface area contributed by atoms with Crippen molar-refractivity contribution in [2.45, 2.75) is 64.0 Å². The molecule has 33 heavy (non-hydrogen) atoms. The lowest BCUT2D eigenvalue weighted by molar-refractivity contribution is 0.0416. The minimum absolute atomic E-state index is 0.214. The monoisotopic (exact) mass is 455 g/mol. The summed E-state index contributed by atoms with van der Waals surface area (Å²) in [6.45, 7) is 4.92. The maximum absolute atomic E-state index is 12.6. The Balaban J connectivity index is 1.22. The number of carbonyl (C=O) groups excluding carboxylic acids is 1. The summed E-state index contributed by atoms with van der Waals surface area (Å²) in [6, 6.07) is 4.24. The predicted molar refractivity (Wildman–Crippen MR) is 119 cm³/mol. The molecule has 1 amide bonds. The van der Waals surface area contributed by atoms with Gasteiger partial charge >= 0.3 is 6.09 Å². The third-order valence-corrected chi connectivity index (χ3v) is 6.31. The van der Waals surface area contributed by atoms with Gasteiger partial charge in [0.1, 0.15) is 17.7 Å². The second-order valence-electron chi connectivity index (χ2n) is 8.75. The van der Waals surface area contributed by atoms with E-state index in [9.17, 15) is 4.79 Å². The normalized spacial score (nSPS) is 25.1. The molecule has 11 nitrogen and oxygen atoms in total. The fourth-order valence-corrected chi connectivity index (χ4v) is 4.63. The van der Waals surface area contributed by atoms with Crippen molar-refractivity contribution in [3.05, 3.63) is 35.9 Å². The number of carbonyl (C=O) groups is 1. The molecule has 2 saturated heterocycles. The number of aromatic nitrogens is 5. The van der Waals surface area contributed by atoms with Gasteiger partial charge < -0.3 is 24.4 Å². The number of methoxy groups -OCH3 is 1. The predicted octanol–water partition coefficient (Wildman–Crippen LogP) is 3.18. The molecule has 2 aliphatic rings. The molecule has 0 spiro atoms. The number of hydrogen-bond acceptors (Lipinski definition) is 8.